The Morgan fingerprint density at radius 1 is 1.03 bits per heavy atom. The molecule has 1 fully saturated rings. The van der Waals surface area contributed by atoms with Crippen LogP contribution in [0.4, 0.5) is 0 Å². The molecule has 1 amide bonds. The number of amides is 1. The second-order valence-corrected chi connectivity index (χ2v) is 10.0. The lowest BCUT2D eigenvalue weighted by molar-refractivity contribution is -0.121. The summed E-state index contributed by atoms with van der Waals surface area (Å²) in [6.45, 7) is 1.68. The van der Waals surface area contributed by atoms with E-state index in [0.717, 1.165) is 47.9 Å². The average Bonchev–Trinajstić information content (AvgIpc) is 3.00. The van der Waals surface area contributed by atoms with Crippen molar-refractivity contribution in [3.05, 3.63) is 60.3 Å². The summed E-state index contributed by atoms with van der Waals surface area (Å²) in [5.74, 6) is 0.604. The largest absolute Gasteiger partial charge is 0.496 e. The fourth-order valence-electron chi connectivity index (χ4n) is 4.16. The summed E-state index contributed by atoms with van der Waals surface area (Å²) in [5.41, 5.74) is 1.73. The number of aromatic nitrogens is 1. The van der Waals surface area contributed by atoms with Crippen molar-refractivity contribution in [3.8, 4) is 5.75 Å². The molecule has 2 heterocycles. The number of sulfonamides is 1. The van der Waals surface area contributed by atoms with Gasteiger partial charge in [0, 0.05) is 42.3 Å². The minimum atomic E-state index is -3.50. The van der Waals surface area contributed by atoms with Crippen molar-refractivity contribution in [3.63, 3.8) is 0 Å². The number of rotatable bonds is 7. The summed E-state index contributed by atoms with van der Waals surface area (Å²) >= 11 is 0. The topological polar surface area (TPSA) is 80.6 Å². The first-order valence-corrected chi connectivity index (χ1v) is 12.4. The van der Waals surface area contributed by atoms with Crippen LogP contribution in [0.15, 0.2) is 59.6 Å². The van der Waals surface area contributed by atoms with Crippen molar-refractivity contribution < 1.29 is 17.9 Å². The number of nitrogens with one attached hydrogen (secondary N) is 1. The maximum Gasteiger partial charge on any atom is 0.243 e. The summed E-state index contributed by atoms with van der Waals surface area (Å²) < 4.78 is 34.9. The van der Waals surface area contributed by atoms with Gasteiger partial charge in [0.25, 0.3) is 0 Å². The van der Waals surface area contributed by atoms with Crippen LogP contribution in [0, 0.1) is 0 Å². The summed E-state index contributed by atoms with van der Waals surface area (Å²) in [4.78, 5) is 12.8. The Labute approximate surface area is 189 Å². The van der Waals surface area contributed by atoms with Crippen LogP contribution in [0.25, 0.3) is 10.9 Å². The Morgan fingerprint density at radius 3 is 2.53 bits per heavy atom. The van der Waals surface area contributed by atoms with Crippen LogP contribution in [-0.4, -0.2) is 43.4 Å². The third kappa shape index (κ3) is 4.81. The molecule has 0 bridgehead atoms. The SMILES string of the molecule is COc1ccccc1CNC(=O)Cn1ccc2cc(S(=O)(=O)N3CCCCCC3)ccc21. The molecule has 0 atom stereocenters. The van der Waals surface area contributed by atoms with E-state index in [9.17, 15) is 13.2 Å². The van der Waals surface area contributed by atoms with E-state index in [2.05, 4.69) is 5.32 Å². The molecule has 2 aromatic carbocycles. The molecule has 0 spiro atoms. The normalized spacial score (nSPS) is 15.4. The number of benzene rings is 2. The van der Waals surface area contributed by atoms with Gasteiger partial charge in [0.15, 0.2) is 0 Å². The van der Waals surface area contributed by atoms with E-state index in [4.69, 9.17) is 4.74 Å². The van der Waals surface area contributed by atoms with Gasteiger partial charge in [0.05, 0.1) is 12.0 Å². The zero-order chi connectivity index (χ0) is 22.6. The fourth-order valence-corrected chi connectivity index (χ4v) is 5.71. The van der Waals surface area contributed by atoms with Crippen LogP contribution >= 0.6 is 0 Å². The van der Waals surface area contributed by atoms with Crippen molar-refractivity contribution in [2.45, 2.75) is 43.7 Å². The summed E-state index contributed by atoms with van der Waals surface area (Å²) in [5, 5.41) is 3.72. The highest BCUT2D eigenvalue weighted by Gasteiger charge is 2.25. The van der Waals surface area contributed by atoms with E-state index >= 15 is 0 Å². The lowest BCUT2D eigenvalue weighted by atomic mass is 10.2. The monoisotopic (exact) mass is 455 g/mol. The highest BCUT2D eigenvalue weighted by Crippen LogP contribution is 2.25. The molecule has 32 heavy (non-hydrogen) atoms. The van der Waals surface area contributed by atoms with Gasteiger partial charge in [0.2, 0.25) is 15.9 Å². The highest BCUT2D eigenvalue weighted by molar-refractivity contribution is 7.89. The molecule has 8 heteroatoms. The number of hydrogen-bond acceptors (Lipinski definition) is 4. The minimum Gasteiger partial charge on any atom is -0.496 e. The Kier molecular flexibility index (Phi) is 6.81. The van der Waals surface area contributed by atoms with Gasteiger partial charge in [-0.05, 0) is 43.2 Å². The van der Waals surface area contributed by atoms with E-state index in [1.54, 1.807) is 29.6 Å². The Hall–Kier alpha value is -2.84. The predicted octanol–water partition coefficient (Wildman–Crippen LogP) is 3.53. The molecule has 7 nitrogen and oxygen atoms in total. The lowest BCUT2D eigenvalue weighted by Gasteiger charge is -2.20. The molecule has 3 aromatic rings. The molecule has 170 valence electrons. The number of ether oxygens (including phenoxy) is 1. The van der Waals surface area contributed by atoms with Gasteiger partial charge in [-0.1, -0.05) is 31.0 Å². The standard InChI is InChI=1S/C24H29N3O4S/c1-31-23-9-5-4-8-20(23)17-25-24(28)18-26-15-12-19-16-21(10-11-22(19)26)32(29,30)27-13-6-2-3-7-14-27/h4-5,8-12,15-16H,2-3,6-7,13-14,17-18H2,1H3,(H,25,28). The highest BCUT2D eigenvalue weighted by atomic mass is 32.2. The Balaban J connectivity index is 1.46. The summed E-state index contributed by atoms with van der Waals surface area (Å²) in [6, 6.07) is 14.6. The zero-order valence-electron chi connectivity index (χ0n) is 18.3. The van der Waals surface area contributed by atoms with Gasteiger partial charge < -0.3 is 14.6 Å². The summed E-state index contributed by atoms with van der Waals surface area (Å²) in [6.07, 6.45) is 5.78. The number of fused-ring (bicyclic) bond motifs is 1. The number of para-hydroxylation sites is 1. The number of methoxy groups -OCH3 is 1. The van der Waals surface area contributed by atoms with Gasteiger partial charge >= 0.3 is 0 Å². The maximum absolute atomic E-state index is 13.1. The fraction of sp³-hybridized carbons (Fsp3) is 0.375. The van der Waals surface area contributed by atoms with Crippen molar-refractivity contribution in [1.29, 1.82) is 0 Å². The van der Waals surface area contributed by atoms with Crippen LogP contribution in [-0.2, 0) is 27.9 Å². The first kappa shape index (κ1) is 22.4. The molecule has 1 aliphatic heterocycles. The van der Waals surface area contributed by atoms with Crippen molar-refractivity contribution >= 4 is 26.8 Å². The van der Waals surface area contributed by atoms with E-state index in [1.807, 2.05) is 41.1 Å². The third-order valence-corrected chi connectivity index (χ3v) is 7.82. The second-order valence-electron chi connectivity index (χ2n) is 8.07. The van der Waals surface area contributed by atoms with Crippen LogP contribution in [0.3, 0.4) is 0 Å². The number of nitrogens with zero attached hydrogens (tertiary/aromatic N) is 2. The lowest BCUT2D eigenvalue weighted by Crippen LogP contribution is -2.31. The Morgan fingerprint density at radius 2 is 1.78 bits per heavy atom. The first-order valence-electron chi connectivity index (χ1n) is 11.0. The van der Waals surface area contributed by atoms with E-state index < -0.39 is 10.0 Å². The summed E-state index contributed by atoms with van der Waals surface area (Å²) in [7, 11) is -1.90. The minimum absolute atomic E-state index is 0.130. The van der Waals surface area contributed by atoms with Gasteiger partial charge in [-0.15, -0.1) is 0 Å². The molecule has 1 aliphatic rings. The molecular formula is C24H29N3O4S. The zero-order valence-corrected chi connectivity index (χ0v) is 19.1. The van der Waals surface area contributed by atoms with E-state index in [1.165, 1.54) is 0 Å². The van der Waals surface area contributed by atoms with Gasteiger partial charge in [-0.2, -0.15) is 4.31 Å². The average molecular weight is 456 g/mol. The second kappa shape index (κ2) is 9.75. The molecule has 0 aliphatic carbocycles. The van der Waals surface area contributed by atoms with Crippen LogP contribution in [0.1, 0.15) is 31.2 Å². The molecule has 4 rings (SSSR count). The first-order chi connectivity index (χ1) is 15.5. The Bertz CT molecular complexity index is 1190. The predicted molar refractivity (Wildman–Crippen MR) is 124 cm³/mol. The molecule has 0 unspecified atom stereocenters. The van der Waals surface area contributed by atoms with E-state index in [0.29, 0.717) is 24.5 Å². The van der Waals surface area contributed by atoms with Gasteiger partial charge in [0.1, 0.15) is 12.3 Å². The van der Waals surface area contributed by atoms with Crippen molar-refractivity contribution in [2.24, 2.45) is 0 Å². The smallest absolute Gasteiger partial charge is 0.243 e. The number of hydrogen-bond donors (Lipinski definition) is 1. The number of carbonyl (C=O) groups excluding carboxylic acids is 1. The van der Waals surface area contributed by atoms with Crippen molar-refractivity contribution in [2.75, 3.05) is 20.2 Å². The molecule has 0 saturated carbocycles. The van der Waals surface area contributed by atoms with Crippen LogP contribution in [0.5, 0.6) is 5.75 Å². The third-order valence-electron chi connectivity index (χ3n) is 5.93. The van der Waals surface area contributed by atoms with E-state index in [-0.39, 0.29) is 12.5 Å². The molecule has 1 N–H and O–H groups in total. The number of carbonyl (C=O) groups is 1. The molecule has 1 saturated heterocycles. The molecule has 1 aromatic heterocycles. The van der Waals surface area contributed by atoms with Gasteiger partial charge in [-0.3, -0.25) is 4.79 Å². The van der Waals surface area contributed by atoms with Crippen LogP contribution < -0.4 is 10.1 Å². The molecular weight excluding hydrogens is 426 g/mol. The molecule has 0 radical (unpaired) electrons. The van der Waals surface area contributed by atoms with Gasteiger partial charge in [-0.25, -0.2) is 8.42 Å². The van der Waals surface area contributed by atoms with Crippen LogP contribution in [0.2, 0.25) is 0 Å². The quantitative estimate of drug-likeness (QED) is 0.591. The van der Waals surface area contributed by atoms with Crippen molar-refractivity contribution in [1.82, 2.24) is 14.2 Å². The maximum atomic E-state index is 13.1.